The van der Waals surface area contributed by atoms with E-state index < -0.39 is 5.97 Å². The van der Waals surface area contributed by atoms with Crippen molar-refractivity contribution in [2.24, 2.45) is 0 Å². The Morgan fingerprint density at radius 2 is 2.00 bits per heavy atom. The summed E-state index contributed by atoms with van der Waals surface area (Å²) in [5.74, 6) is -1.00. The van der Waals surface area contributed by atoms with E-state index >= 15 is 0 Å². The van der Waals surface area contributed by atoms with Gasteiger partial charge in [0, 0.05) is 5.69 Å². The zero-order chi connectivity index (χ0) is 13.8. The third kappa shape index (κ3) is 2.84. The Bertz CT molecular complexity index is 677. The number of nitrogens with zero attached hydrogens (tertiary/aromatic N) is 1. The van der Waals surface area contributed by atoms with Gasteiger partial charge >= 0.3 is 5.97 Å². The third-order valence-electron chi connectivity index (χ3n) is 2.51. The molecular formula is C14H9ClN2O2. The van der Waals surface area contributed by atoms with Gasteiger partial charge in [0.2, 0.25) is 0 Å². The summed E-state index contributed by atoms with van der Waals surface area (Å²) in [6, 6.07) is 13.4. The van der Waals surface area contributed by atoms with Crippen molar-refractivity contribution in [1.82, 2.24) is 0 Å². The number of nitrogens with one attached hydrogen (secondary N) is 1. The van der Waals surface area contributed by atoms with Gasteiger partial charge < -0.3 is 10.4 Å². The molecule has 2 aromatic rings. The topological polar surface area (TPSA) is 73.1 Å². The maximum absolute atomic E-state index is 10.9. The molecule has 0 radical (unpaired) electrons. The number of anilines is 2. The lowest BCUT2D eigenvalue weighted by atomic mass is 10.1. The van der Waals surface area contributed by atoms with Gasteiger partial charge in [-0.1, -0.05) is 23.7 Å². The van der Waals surface area contributed by atoms with Crippen LogP contribution in [0.1, 0.15) is 15.9 Å². The minimum atomic E-state index is -1.00. The summed E-state index contributed by atoms with van der Waals surface area (Å²) in [6.07, 6.45) is 0. The summed E-state index contributed by atoms with van der Waals surface area (Å²) >= 11 is 5.92. The van der Waals surface area contributed by atoms with E-state index in [1.807, 2.05) is 6.07 Å². The average Bonchev–Trinajstić information content (AvgIpc) is 2.39. The van der Waals surface area contributed by atoms with Crippen molar-refractivity contribution in [3.05, 3.63) is 58.6 Å². The van der Waals surface area contributed by atoms with Crippen LogP contribution in [-0.2, 0) is 0 Å². The Hall–Kier alpha value is -2.51. The number of nitriles is 1. The molecule has 0 unspecified atom stereocenters. The molecule has 0 amide bonds. The highest BCUT2D eigenvalue weighted by Crippen LogP contribution is 2.26. The van der Waals surface area contributed by atoms with Crippen molar-refractivity contribution >= 4 is 28.9 Å². The first-order chi connectivity index (χ1) is 9.11. The monoisotopic (exact) mass is 272 g/mol. The minimum Gasteiger partial charge on any atom is -0.478 e. The summed E-state index contributed by atoms with van der Waals surface area (Å²) < 4.78 is 0. The molecule has 0 saturated carbocycles. The zero-order valence-electron chi connectivity index (χ0n) is 9.72. The third-order valence-corrected chi connectivity index (χ3v) is 2.83. The number of aromatic carboxylic acids is 1. The van der Waals surface area contributed by atoms with Gasteiger partial charge in [0.15, 0.2) is 0 Å². The Morgan fingerprint density at radius 1 is 1.26 bits per heavy atom. The Morgan fingerprint density at radius 3 is 2.68 bits per heavy atom. The maximum Gasteiger partial charge on any atom is 0.335 e. The van der Waals surface area contributed by atoms with E-state index in [1.54, 1.807) is 30.3 Å². The van der Waals surface area contributed by atoms with Crippen molar-refractivity contribution in [2.45, 2.75) is 0 Å². The number of carboxylic acid groups (broad SMARTS) is 1. The molecule has 0 saturated heterocycles. The molecule has 2 aromatic carbocycles. The summed E-state index contributed by atoms with van der Waals surface area (Å²) in [5, 5.41) is 21.3. The van der Waals surface area contributed by atoms with E-state index in [9.17, 15) is 4.79 Å². The van der Waals surface area contributed by atoms with Gasteiger partial charge in [0.1, 0.15) is 6.07 Å². The van der Waals surface area contributed by atoms with E-state index in [0.717, 1.165) is 0 Å². The van der Waals surface area contributed by atoms with E-state index in [-0.39, 0.29) is 5.56 Å². The number of hydrogen-bond acceptors (Lipinski definition) is 3. The molecule has 0 fully saturated rings. The lowest BCUT2D eigenvalue weighted by Gasteiger charge is -2.09. The molecular weight excluding hydrogens is 264 g/mol. The number of carbonyl (C=O) groups is 1. The first-order valence-corrected chi connectivity index (χ1v) is 5.78. The normalized spacial score (nSPS) is 9.68. The van der Waals surface area contributed by atoms with Gasteiger partial charge in [-0.15, -0.1) is 0 Å². The maximum atomic E-state index is 10.9. The van der Waals surface area contributed by atoms with Crippen molar-refractivity contribution in [3.63, 3.8) is 0 Å². The van der Waals surface area contributed by atoms with Crippen LogP contribution in [0.3, 0.4) is 0 Å². The summed E-state index contributed by atoms with van der Waals surface area (Å²) in [6.45, 7) is 0. The molecule has 94 valence electrons. The predicted molar refractivity (Wildman–Crippen MR) is 72.9 cm³/mol. The largest absolute Gasteiger partial charge is 0.478 e. The van der Waals surface area contributed by atoms with Crippen LogP contribution < -0.4 is 5.32 Å². The second kappa shape index (κ2) is 5.42. The highest BCUT2D eigenvalue weighted by atomic mass is 35.5. The second-order valence-corrected chi connectivity index (χ2v) is 4.19. The van der Waals surface area contributed by atoms with E-state index in [4.69, 9.17) is 22.0 Å². The lowest BCUT2D eigenvalue weighted by molar-refractivity contribution is 0.0697. The van der Waals surface area contributed by atoms with Crippen LogP contribution in [0.25, 0.3) is 0 Å². The lowest BCUT2D eigenvalue weighted by Crippen LogP contribution is -1.99. The summed E-state index contributed by atoms with van der Waals surface area (Å²) in [7, 11) is 0. The molecule has 0 aliphatic heterocycles. The summed E-state index contributed by atoms with van der Waals surface area (Å²) in [5.41, 5.74) is 1.62. The van der Waals surface area contributed by atoms with Crippen LogP contribution in [0.4, 0.5) is 11.4 Å². The number of rotatable bonds is 3. The molecule has 0 aliphatic carbocycles. The SMILES string of the molecule is N#Cc1c(Cl)cccc1Nc1cccc(C(=O)O)c1. The Balaban J connectivity index is 2.37. The van der Waals surface area contributed by atoms with Crippen LogP contribution in [0.15, 0.2) is 42.5 Å². The molecule has 0 bridgehead atoms. The first-order valence-electron chi connectivity index (χ1n) is 5.41. The fraction of sp³-hybridized carbons (Fsp3) is 0. The quantitative estimate of drug-likeness (QED) is 0.894. The summed E-state index contributed by atoms with van der Waals surface area (Å²) in [4.78, 5) is 10.9. The van der Waals surface area contributed by atoms with Crippen LogP contribution in [-0.4, -0.2) is 11.1 Å². The first kappa shape index (κ1) is 12.9. The van der Waals surface area contributed by atoms with Crippen LogP contribution in [0.5, 0.6) is 0 Å². The average molecular weight is 273 g/mol. The van der Waals surface area contributed by atoms with E-state index in [2.05, 4.69) is 5.32 Å². The highest BCUT2D eigenvalue weighted by molar-refractivity contribution is 6.32. The standard InChI is InChI=1S/C14H9ClN2O2/c15-12-5-2-6-13(11(12)8-16)17-10-4-1-3-9(7-10)14(18)19/h1-7,17H,(H,18,19). The Kier molecular flexibility index (Phi) is 3.69. The van der Waals surface area contributed by atoms with Crippen molar-refractivity contribution < 1.29 is 9.90 Å². The Labute approximate surface area is 114 Å². The van der Waals surface area contributed by atoms with Crippen molar-refractivity contribution in [1.29, 1.82) is 5.26 Å². The fourth-order valence-corrected chi connectivity index (χ4v) is 1.84. The minimum absolute atomic E-state index is 0.172. The van der Waals surface area contributed by atoms with Gasteiger partial charge in [-0.2, -0.15) is 5.26 Å². The molecule has 0 aliphatic rings. The fourth-order valence-electron chi connectivity index (χ4n) is 1.63. The molecule has 0 aromatic heterocycles. The van der Waals surface area contributed by atoms with Gasteiger partial charge in [0.25, 0.3) is 0 Å². The molecule has 2 rings (SSSR count). The van der Waals surface area contributed by atoms with Gasteiger partial charge in [-0.05, 0) is 30.3 Å². The van der Waals surface area contributed by atoms with Crippen LogP contribution in [0.2, 0.25) is 5.02 Å². The van der Waals surface area contributed by atoms with E-state index in [0.29, 0.717) is 22.0 Å². The van der Waals surface area contributed by atoms with Gasteiger partial charge in [-0.3, -0.25) is 0 Å². The van der Waals surface area contributed by atoms with Gasteiger partial charge in [0.05, 0.1) is 21.8 Å². The second-order valence-electron chi connectivity index (χ2n) is 3.79. The van der Waals surface area contributed by atoms with Crippen molar-refractivity contribution in [2.75, 3.05) is 5.32 Å². The van der Waals surface area contributed by atoms with Crippen molar-refractivity contribution in [3.8, 4) is 6.07 Å². The smallest absolute Gasteiger partial charge is 0.335 e. The molecule has 4 nitrogen and oxygen atoms in total. The van der Waals surface area contributed by atoms with Crippen LogP contribution in [0, 0.1) is 11.3 Å². The molecule has 0 spiro atoms. The van der Waals surface area contributed by atoms with Crippen LogP contribution >= 0.6 is 11.6 Å². The number of halogens is 1. The number of carboxylic acids is 1. The van der Waals surface area contributed by atoms with Gasteiger partial charge in [-0.25, -0.2) is 4.79 Å². The molecule has 2 N–H and O–H groups in total. The molecule has 0 atom stereocenters. The molecule has 19 heavy (non-hydrogen) atoms. The zero-order valence-corrected chi connectivity index (χ0v) is 10.5. The number of benzene rings is 2. The highest BCUT2D eigenvalue weighted by Gasteiger charge is 2.08. The molecule has 0 heterocycles. The predicted octanol–water partition coefficient (Wildman–Crippen LogP) is 3.65. The number of hydrogen-bond donors (Lipinski definition) is 2. The molecule has 5 heteroatoms. The van der Waals surface area contributed by atoms with E-state index in [1.165, 1.54) is 12.1 Å².